The molecule has 0 aliphatic heterocycles. The second-order valence-corrected chi connectivity index (χ2v) is 4.04. The smallest absolute Gasteiger partial charge is 0.330 e. The van der Waals surface area contributed by atoms with E-state index in [0.29, 0.717) is 23.1 Å². The summed E-state index contributed by atoms with van der Waals surface area (Å²) in [6.07, 6.45) is 4.04. The number of aromatic nitrogens is 4. The number of carboxylic acids is 2. The second-order valence-electron chi connectivity index (χ2n) is 2.96. The number of carbonyl (C=O) groups is 2. The van der Waals surface area contributed by atoms with Gasteiger partial charge in [0.1, 0.15) is 18.2 Å². The lowest BCUT2D eigenvalue weighted by Crippen LogP contribution is -2.27. The van der Waals surface area contributed by atoms with E-state index in [1.807, 2.05) is 0 Å². The zero-order chi connectivity index (χ0) is 12.4. The number of carboxylic acid groups (broad SMARTS) is 2. The van der Waals surface area contributed by atoms with Crippen LogP contribution in [0.25, 0.3) is 11.2 Å². The van der Waals surface area contributed by atoms with E-state index in [4.69, 9.17) is 10.2 Å². The van der Waals surface area contributed by atoms with E-state index in [0.717, 1.165) is 0 Å². The number of hydrogen-bond donors (Lipinski definition) is 2. The highest BCUT2D eigenvalue weighted by atomic mass is 32.2. The second kappa shape index (κ2) is 4.37. The third kappa shape index (κ3) is 2.18. The molecule has 0 radical (unpaired) electrons. The van der Waals surface area contributed by atoms with Crippen LogP contribution in [0.15, 0.2) is 18.9 Å². The summed E-state index contributed by atoms with van der Waals surface area (Å²) in [4.78, 5) is 33.0. The van der Waals surface area contributed by atoms with Gasteiger partial charge in [-0.15, -0.1) is 0 Å². The van der Waals surface area contributed by atoms with Crippen LogP contribution in [0.4, 0.5) is 0 Å². The van der Waals surface area contributed by atoms with Crippen LogP contribution < -0.4 is 0 Å². The molecule has 8 nitrogen and oxygen atoms in total. The molecule has 17 heavy (non-hydrogen) atoms. The Morgan fingerprint density at radius 1 is 1.29 bits per heavy atom. The zero-order valence-electron chi connectivity index (χ0n) is 8.22. The van der Waals surface area contributed by atoms with Crippen LogP contribution in [0.3, 0.4) is 0 Å². The van der Waals surface area contributed by atoms with Crippen LogP contribution in [0.2, 0.25) is 0 Å². The number of aliphatic carboxylic acids is 2. The van der Waals surface area contributed by atoms with Crippen molar-refractivity contribution in [1.29, 1.82) is 0 Å². The van der Waals surface area contributed by atoms with Crippen LogP contribution in [0.1, 0.15) is 0 Å². The average molecular weight is 254 g/mol. The van der Waals surface area contributed by atoms with Gasteiger partial charge in [0.25, 0.3) is 0 Å². The first kappa shape index (κ1) is 11.3. The number of nitrogens with zero attached hydrogens (tertiary/aromatic N) is 4. The van der Waals surface area contributed by atoms with Crippen molar-refractivity contribution in [2.24, 2.45) is 0 Å². The Hall–Kier alpha value is -2.16. The van der Waals surface area contributed by atoms with Gasteiger partial charge in [0, 0.05) is 0 Å². The minimum absolute atomic E-state index is 0.373. The molecule has 88 valence electrons. The van der Waals surface area contributed by atoms with E-state index in [1.54, 1.807) is 0 Å². The summed E-state index contributed by atoms with van der Waals surface area (Å²) in [6.45, 7) is 0. The van der Waals surface area contributed by atoms with E-state index in [2.05, 4.69) is 15.0 Å². The number of hydrogen-bond acceptors (Lipinski definition) is 6. The predicted molar refractivity (Wildman–Crippen MR) is 57.4 cm³/mol. The molecule has 2 N–H and O–H groups in total. The fraction of sp³-hybridized carbons (Fsp3) is 0.125. The lowest BCUT2D eigenvalue weighted by atomic mass is 10.4. The van der Waals surface area contributed by atoms with Gasteiger partial charge in [0.2, 0.25) is 5.25 Å². The molecule has 0 aliphatic rings. The van der Waals surface area contributed by atoms with Gasteiger partial charge in [0.05, 0.1) is 6.20 Å². The summed E-state index contributed by atoms with van der Waals surface area (Å²) in [6, 6.07) is 0. The fourth-order valence-corrected chi connectivity index (χ4v) is 1.88. The molecular formula is C8H6N4O4S. The van der Waals surface area contributed by atoms with Crippen LogP contribution >= 0.6 is 11.9 Å². The molecule has 0 amide bonds. The van der Waals surface area contributed by atoms with Gasteiger partial charge in [0.15, 0.2) is 5.65 Å². The van der Waals surface area contributed by atoms with Crippen molar-refractivity contribution >= 4 is 35.1 Å². The van der Waals surface area contributed by atoms with Crippen molar-refractivity contribution < 1.29 is 19.8 Å². The monoisotopic (exact) mass is 254 g/mol. The van der Waals surface area contributed by atoms with Gasteiger partial charge in [-0.1, -0.05) is 0 Å². The van der Waals surface area contributed by atoms with E-state index in [1.165, 1.54) is 22.8 Å². The number of rotatable bonds is 4. The summed E-state index contributed by atoms with van der Waals surface area (Å²) in [5.74, 6) is -2.86. The molecular weight excluding hydrogens is 248 g/mol. The average Bonchev–Trinajstić information content (AvgIpc) is 2.68. The summed E-state index contributed by atoms with van der Waals surface area (Å²) < 4.78 is 1.30. The Morgan fingerprint density at radius 3 is 2.65 bits per heavy atom. The minimum atomic E-state index is -1.61. The summed E-state index contributed by atoms with van der Waals surface area (Å²) >= 11 is 0.606. The Morgan fingerprint density at radius 2 is 2.00 bits per heavy atom. The Kier molecular flexibility index (Phi) is 2.91. The highest BCUT2D eigenvalue weighted by molar-refractivity contribution is 8.00. The van der Waals surface area contributed by atoms with E-state index in [-0.39, 0.29) is 0 Å². The van der Waals surface area contributed by atoms with Crippen molar-refractivity contribution in [3.63, 3.8) is 0 Å². The third-order valence-corrected chi connectivity index (χ3v) is 2.96. The lowest BCUT2D eigenvalue weighted by Gasteiger charge is -2.06. The van der Waals surface area contributed by atoms with Crippen LogP contribution in [0, 0.1) is 0 Å². The van der Waals surface area contributed by atoms with Gasteiger partial charge >= 0.3 is 11.9 Å². The SMILES string of the molecule is O=C(O)C(Sn1cnc2cncnc21)C(=O)O. The molecule has 0 aliphatic carbocycles. The van der Waals surface area contributed by atoms with E-state index < -0.39 is 17.2 Å². The summed E-state index contributed by atoms with van der Waals surface area (Å²) in [5, 5.41) is 15.9. The molecule has 2 heterocycles. The van der Waals surface area contributed by atoms with Gasteiger partial charge in [-0.3, -0.25) is 13.6 Å². The molecule has 0 fully saturated rings. The maximum Gasteiger partial charge on any atom is 0.330 e. The quantitative estimate of drug-likeness (QED) is 0.724. The largest absolute Gasteiger partial charge is 0.480 e. The highest BCUT2D eigenvalue weighted by Gasteiger charge is 2.28. The fourth-order valence-electron chi connectivity index (χ4n) is 1.13. The first-order valence-corrected chi connectivity index (χ1v) is 5.19. The van der Waals surface area contributed by atoms with E-state index >= 15 is 0 Å². The molecule has 0 saturated heterocycles. The Balaban J connectivity index is 2.35. The molecule has 2 rings (SSSR count). The molecule has 9 heteroatoms. The maximum atomic E-state index is 10.7. The zero-order valence-corrected chi connectivity index (χ0v) is 9.03. The first-order chi connectivity index (χ1) is 8.09. The first-order valence-electron chi connectivity index (χ1n) is 4.35. The molecule has 0 aromatic carbocycles. The van der Waals surface area contributed by atoms with Crippen molar-refractivity contribution in [3.8, 4) is 0 Å². The summed E-state index contributed by atoms with van der Waals surface area (Å²) in [5.41, 5.74) is 0.840. The normalized spacial score (nSPS) is 10.9. The molecule has 0 spiro atoms. The molecule has 2 aromatic heterocycles. The molecule has 0 saturated carbocycles. The summed E-state index contributed by atoms with van der Waals surface area (Å²) in [7, 11) is 0. The topological polar surface area (TPSA) is 118 Å². The van der Waals surface area contributed by atoms with Crippen molar-refractivity contribution in [3.05, 3.63) is 18.9 Å². The van der Waals surface area contributed by atoms with Gasteiger partial charge in [-0.2, -0.15) is 0 Å². The van der Waals surface area contributed by atoms with Gasteiger partial charge in [-0.25, -0.2) is 15.0 Å². The molecule has 2 aromatic rings. The maximum absolute atomic E-state index is 10.7. The van der Waals surface area contributed by atoms with Crippen molar-refractivity contribution in [2.45, 2.75) is 5.25 Å². The van der Waals surface area contributed by atoms with E-state index in [9.17, 15) is 9.59 Å². The van der Waals surface area contributed by atoms with Gasteiger partial charge < -0.3 is 10.2 Å². The predicted octanol–water partition coefficient (Wildman–Crippen LogP) is -0.140. The Bertz CT molecular complexity index is 570. The molecule has 0 unspecified atom stereocenters. The minimum Gasteiger partial charge on any atom is -0.480 e. The molecule has 0 atom stereocenters. The standard InChI is InChI=1S/C8H6N4O4S/c13-7(14)5(8(15)16)17-12-3-11-4-1-9-2-10-6(4)12/h1-3,5H,(H,13,14)(H,15,16). The third-order valence-electron chi connectivity index (χ3n) is 1.85. The van der Waals surface area contributed by atoms with Crippen molar-refractivity contribution in [2.75, 3.05) is 0 Å². The molecule has 0 bridgehead atoms. The lowest BCUT2D eigenvalue weighted by molar-refractivity contribution is -0.146. The van der Waals surface area contributed by atoms with Crippen LogP contribution in [-0.4, -0.2) is 46.3 Å². The highest BCUT2D eigenvalue weighted by Crippen LogP contribution is 2.19. The van der Waals surface area contributed by atoms with Crippen LogP contribution in [-0.2, 0) is 9.59 Å². The van der Waals surface area contributed by atoms with Crippen LogP contribution in [0.5, 0.6) is 0 Å². The van der Waals surface area contributed by atoms with Crippen molar-refractivity contribution in [1.82, 2.24) is 18.9 Å². The number of imidazole rings is 1. The number of fused-ring (bicyclic) bond motifs is 1. The van der Waals surface area contributed by atoms with Gasteiger partial charge in [-0.05, 0) is 11.9 Å². The Labute approximate surface area is 98.5 Å².